The first-order valence-electron chi connectivity index (χ1n) is 4.82. The Kier molecular flexibility index (Phi) is 4.61. The van der Waals surface area contributed by atoms with Gasteiger partial charge in [-0.2, -0.15) is 0 Å². The van der Waals surface area contributed by atoms with Crippen LogP contribution in [0.3, 0.4) is 0 Å². The predicted octanol–water partition coefficient (Wildman–Crippen LogP) is 1.80. The molecule has 5 heteroatoms. The number of aliphatic carboxylic acids is 1. The zero-order chi connectivity index (χ0) is 12.1. The summed E-state index contributed by atoms with van der Waals surface area (Å²) in [5, 5.41) is 8.64. The first kappa shape index (κ1) is 12.8. The number of carboxylic acid groups (broad SMARTS) is 1. The summed E-state index contributed by atoms with van der Waals surface area (Å²) in [6.07, 6.45) is 0. The maximum absolute atomic E-state index is 13.2. The van der Waals surface area contributed by atoms with Crippen molar-refractivity contribution in [3.63, 3.8) is 0 Å². The van der Waals surface area contributed by atoms with Crippen LogP contribution in [0.1, 0.15) is 12.5 Å². The van der Waals surface area contributed by atoms with Gasteiger partial charge in [0.2, 0.25) is 0 Å². The Morgan fingerprint density at radius 2 is 2.12 bits per heavy atom. The Hall–Kier alpha value is -1.23. The molecule has 3 nitrogen and oxygen atoms in total. The second kappa shape index (κ2) is 5.75. The van der Waals surface area contributed by atoms with Crippen LogP contribution in [0.15, 0.2) is 24.3 Å². The summed E-state index contributed by atoms with van der Waals surface area (Å²) in [5.74, 6) is -1.96. The van der Waals surface area contributed by atoms with Crippen LogP contribution in [0, 0.1) is 11.7 Å². The molecule has 0 aliphatic carbocycles. The second-order valence-corrected chi connectivity index (χ2v) is 5.08. The highest BCUT2D eigenvalue weighted by Crippen LogP contribution is 2.10. The minimum atomic E-state index is -1.35. The van der Waals surface area contributed by atoms with Gasteiger partial charge in [0.15, 0.2) is 0 Å². The van der Waals surface area contributed by atoms with Crippen LogP contribution in [0.4, 0.5) is 4.39 Å². The van der Waals surface area contributed by atoms with Crippen molar-refractivity contribution in [2.75, 3.05) is 5.75 Å². The average Bonchev–Trinajstić information content (AvgIpc) is 2.21. The maximum atomic E-state index is 13.2. The molecule has 88 valence electrons. The fraction of sp³-hybridized carbons (Fsp3) is 0.364. The number of halogens is 1. The molecule has 1 aromatic rings. The van der Waals surface area contributed by atoms with E-state index in [0.29, 0.717) is 5.56 Å². The predicted molar refractivity (Wildman–Crippen MR) is 59.9 cm³/mol. The summed E-state index contributed by atoms with van der Waals surface area (Å²) in [6.45, 7) is 1.49. The number of hydrogen-bond donors (Lipinski definition) is 1. The van der Waals surface area contributed by atoms with Crippen LogP contribution in [-0.4, -0.2) is 21.0 Å². The summed E-state index contributed by atoms with van der Waals surface area (Å²) >= 11 is 0. The van der Waals surface area contributed by atoms with Crippen molar-refractivity contribution < 1.29 is 18.5 Å². The van der Waals surface area contributed by atoms with Gasteiger partial charge >= 0.3 is 5.97 Å². The van der Waals surface area contributed by atoms with E-state index in [9.17, 15) is 13.4 Å². The van der Waals surface area contributed by atoms with Crippen molar-refractivity contribution in [1.82, 2.24) is 0 Å². The van der Waals surface area contributed by atoms with Gasteiger partial charge < -0.3 is 5.11 Å². The quantitative estimate of drug-likeness (QED) is 0.859. The highest BCUT2D eigenvalue weighted by atomic mass is 32.2. The normalized spacial score (nSPS) is 14.4. The lowest BCUT2D eigenvalue weighted by Crippen LogP contribution is -2.18. The van der Waals surface area contributed by atoms with Gasteiger partial charge in [-0.1, -0.05) is 25.1 Å². The molecular formula is C11H13FO3S. The number of carbonyl (C=O) groups is 1. The van der Waals surface area contributed by atoms with Crippen LogP contribution in [0.25, 0.3) is 0 Å². The van der Waals surface area contributed by atoms with Crippen molar-refractivity contribution in [1.29, 1.82) is 0 Å². The zero-order valence-corrected chi connectivity index (χ0v) is 9.67. The largest absolute Gasteiger partial charge is 0.481 e. The highest BCUT2D eigenvalue weighted by molar-refractivity contribution is 7.84. The highest BCUT2D eigenvalue weighted by Gasteiger charge is 2.15. The molecule has 0 radical (unpaired) electrons. The molecule has 0 bridgehead atoms. The van der Waals surface area contributed by atoms with E-state index in [0.717, 1.165) is 0 Å². The van der Waals surface area contributed by atoms with Crippen molar-refractivity contribution >= 4 is 16.8 Å². The maximum Gasteiger partial charge on any atom is 0.307 e. The van der Waals surface area contributed by atoms with E-state index >= 15 is 0 Å². The second-order valence-electron chi connectivity index (χ2n) is 3.58. The average molecular weight is 244 g/mol. The molecule has 0 saturated carbocycles. The van der Waals surface area contributed by atoms with Gasteiger partial charge in [-0.25, -0.2) is 4.39 Å². The van der Waals surface area contributed by atoms with Crippen molar-refractivity contribution in [2.24, 2.45) is 5.92 Å². The fourth-order valence-corrected chi connectivity index (χ4v) is 2.60. The summed E-state index contributed by atoms with van der Waals surface area (Å²) in [4.78, 5) is 10.5. The molecule has 16 heavy (non-hydrogen) atoms. The minimum Gasteiger partial charge on any atom is -0.481 e. The topological polar surface area (TPSA) is 54.4 Å². The van der Waals surface area contributed by atoms with Gasteiger partial charge in [-0.3, -0.25) is 9.00 Å². The van der Waals surface area contributed by atoms with Crippen molar-refractivity contribution in [3.05, 3.63) is 35.6 Å². The fourth-order valence-electron chi connectivity index (χ4n) is 1.20. The lowest BCUT2D eigenvalue weighted by Gasteiger charge is -2.06. The first-order valence-corrected chi connectivity index (χ1v) is 6.30. The van der Waals surface area contributed by atoms with Crippen molar-refractivity contribution in [3.8, 4) is 0 Å². The Morgan fingerprint density at radius 1 is 1.50 bits per heavy atom. The van der Waals surface area contributed by atoms with E-state index < -0.39 is 28.5 Å². The third-order valence-electron chi connectivity index (χ3n) is 2.13. The SMILES string of the molecule is CC(CS(=O)Cc1ccccc1F)C(=O)O. The van der Waals surface area contributed by atoms with E-state index in [1.165, 1.54) is 13.0 Å². The molecule has 1 rings (SSSR count). The number of rotatable bonds is 5. The van der Waals surface area contributed by atoms with Crippen molar-refractivity contribution in [2.45, 2.75) is 12.7 Å². The van der Waals surface area contributed by atoms with E-state index in [4.69, 9.17) is 5.11 Å². The standard InChI is InChI=1S/C11H13FO3S/c1-8(11(13)14)6-16(15)7-9-4-2-3-5-10(9)12/h2-5,8H,6-7H2,1H3,(H,13,14). The lowest BCUT2D eigenvalue weighted by molar-refractivity contribution is -0.140. The Labute approximate surface area is 95.8 Å². The molecular weight excluding hydrogens is 231 g/mol. The molecule has 0 aromatic heterocycles. The molecule has 0 heterocycles. The van der Waals surface area contributed by atoms with E-state index in [1.54, 1.807) is 18.2 Å². The summed E-state index contributed by atoms with van der Waals surface area (Å²) in [7, 11) is -1.35. The first-order chi connectivity index (χ1) is 7.50. The summed E-state index contributed by atoms with van der Waals surface area (Å²) < 4.78 is 24.8. The Bertz CT molecular complexity index is 406. The molecule has 2 atom stereocenters. The van der Waals surface area contributed by atoms with E-state index in [2.05, 4.69) is 0 Å². The minimum absolute atomic E-state index is 0.0453. The van der Waals surface area contributed by atoms with Crippen LogP contribution in [-0.2, 0) is 21.3 Å². The van der Waals surface area contributed by atoms with Crippen LogP contribution >= 0.6 is 0 Å². The molecule has 0 aliphatic rings. The van der Waals surface area contributed by atoms with E-state index in [-0.39, 0.29) is 11.5 Å². The third-order valence-corrected chi connectivity index (χ3v) is 3.64. The Balaban J connectivity index is 2.59. The van der Waals surface area contributed by atoms with Gasteiger partial charge in [-0.05, 0) is 6.07 Å². The number of benzene rings is 1. The van der Waals surface area contributed by atoms with Gasteiger partial charge in [0.1, 0.15) is 5.82 Å². The van der Waals surface area contributed by atoms with Gasteiger partial charge in [0.25, 0.3) is 0 Å². The summed E-state index contributed by atoms with van der Waals surface area (Å²) in [5.41, 5.74) is 0.360. The van der Waals surface area contributed by atoms with Gasteiger partial charge in [-0.15, -0.1) is 0 Å². The van der Waals surface area contributed by atoms with Crippen LogP contribution in [0.5, 0.6) is 0 Å². The molecule has 0 fully saturated rings. The molecule has 1 aromatic carbocycles. The van der Waals surface area contributed by atoms with Crippen LogP contribution < -0.4 is 0 Å². The Morgan fingerprint density at radius 3 is 2.69 bits per heavy atom. The van der Waals surface area contributed by atoms with Crippen LogP contribution in [0.2, 0.25) is 0 Å². The molecule has 0 spiro atoms. The lowest BCUT2D eigenvalue weighted by atomic mass is 10.2. The third kappa shape index (κ3) is 3.73. The molecule has 2 unspecified atom stereocenters. The monoisotopic (exact) mass is 244 g/mol. The van der Waals surface area contributed by atoms with Gasteiger partial charge in [0.05, 0.1) is 11.7 Å². The molecule has 0 saturated heterocycles. The smallest absolute Gasteiger partial charge is 0.307 e. The zero-order valence-electron chi connectivity index (χ0n) is 8.85. The number of carboxylic acids is 1. The van der Waals surface area contributed by atoms with Gasteiger partial charge in [0, 0.05) is 22.1 Å². The molecule has 1 N–H and O–H groups in total. The van der Waals surface area contributed by atoms with E-state index in [1.807, 2.05) is 0 Å². The summed E-state index contributed by atoms with van der Waals surface area (Å²) in [6, 6.07) is 6.07. The molecule has 0 aliphatic heterocycles. The number of hydrogen-bond acceptors (Lipinski definition) is 2. The molecule has 0 amide bonds.